The summed E-state index contributed by atoms with van der Waals surface area (Å²) in [6.45, 7) is 1.86. The lowest BCUT2D eigenvalue weighted by molar-refractivity contribution is -0.123. The minimum atomic E-state index is -0.518. The van der Waals surface area contributed by atoms with Gasteiger partial charge in [0.2, 0.25) is 0 Å². The van der Waals surface area contributed by atoms with E-state index >= 15 is 0 Å². The van der Waals surface area contributed by atoms with Crippen LogP contribution in [0.5, 0.6) is 0 Å². The van der Waals surface area contributed by atoms with Crippen molar-refractivity contribution in [1.29, 1.82) is 5.26 Å². The second-order valence-electron chi connectivity index (χ2n) is 5.68. The van der Waals surface area contributed by atoms with Gasteiger partial charge in [-0.1, -0.05) is 41.6 Å². The second-order valence-corrected chi connectivity index (χ2v) is 7.76. The lowest BCUT2D eigenvalue weighted by atomic mass is 10.1. The van der Waals surface area contributed by atoms with Gasteiger partial charge in [0.25, 0.3) is 11.8 Å². The highest BCUT2D eigenvalue weighted by molar-refractivity contribution is 8.26. The molecule has 2 aromatic rings. The Morgan fingerprint density at radius 2 is 2.00 bits per heavy atom. The van der Waals surface area contributed by atoms with E-state index in [9.17, 15) is 9.59 Å². The van der Waals surface area contributed by atoms with Gasteiger partial charge in [-0.3, -0.25) is 15.0 Å². The Morgan fingerprint density at radius 1 is 1.30 bits per heavy atom. The highest BCUT2D eigenvalue weighted by atomic mass is 35.5. The number of aryl methyl sites for hydroxylation is 1. The van der Waals surface area contributed by atoms with Gasteiger partial charge < -0.3 is 0 Å². The molecule has 5 nitrogen and oxygen atoms in total. The number of nitrogens with zero attached hydrogens (tertiary/aromatic N) is 2. The summed E-state index contributed by atoms with van der Waals surface area (Å²) in [6, 6.07) is 13.8. The van der Waals surface area contributed by atoms with Crippen LogP contribution < -0.4 is 5.43 Å². The van der Waals surface area contributed by atoms with E-state index in [0.29, 0.717) is 15.5 Å². The SMILES string of the molecule is Cc1ccc(C(=O)NN2C(=O)/C(=C\c3ccc(C#N)cc3)SC2=S)c(Cl)c1. The lowest BCUT2D eigenvalue weighted by Gasteiger charge is -2.16. The largest absolute Gasteiger partial charge is 0.285 e. The van der Waals surface area contributed by atoms with E-state index < -0.39 is 11.8 Å². The molecular formula is C19H12ClN3O2S2. The van der Waals surface area contributed by atoms with Crippen molar-refractivity contribution in [2.24, 2.45) is 0 Å². The van der Waals surface area contributed by atoms with Crippen LogP contribution in [0.1, 0.15) is 27.0 Å². The van der Waals surface area contributed by atoms with Crippen molar-refractivity contribution < 1.29 is 9.59 Å². The van der Waals surface area contributed by atoms with Crippen LogP contribution in [-0.4, -0.2) is 21.1 Å². The molecule has 1 saturated heterocycles. The first-order chi connectivity index (χ1) is 12.9. The molecule has 0 radical (unpaired) electrons. The van der Waals surface area contributed by atoms with E-state index in [1.165, 1.54) is 0 Å². The van der Waals surface area contributed by atoms with Crippen LogP contribution in [0.3, 0.4) is 0 Å². The van der Waals surface area contributed by atoms with Crippen molar-refractivity contribution >= 4 is 57.8 Å². The first-order valence-electron chi connectivity index (χ1n) is 7.74. The van der Waals surface area contributed by atoms with Gasteiger partial charge >= 0.3 is 0 Å². The van der Waals surface area contributed by atoms with Gasteiger partial charge in [0.05, 0.1) is 27.1 Å². The van der Waals surface area contributed by atoms with Crippen molar-refractivity contribution in [1.82, 2.24) is 10.4 Å². The Morgan fingerprint density at radius 3 is 2.63 bits per heavy atom. The second kappa shape index (κ2) is 7.92. The number of thiocarbonyl (C=S) groups is 1. The molecule has 0 aliphatic carbocycles. The maximum absolute atomic E-state index is 12.6. The number of halogens is 1. The van der Waals surface area contributed by atoms with Gasteiger partial charge in [0, 0.05) is 0 Å². The predicted molar refractivity (Wildman–Crippen MR) is 110 cm³/mol. The summed E-state index contributed by atoms with van der Waals surface area (Å²) in [7, 11) is 0. The number of hydrazine groups is 1. The van der Waals surface area contributed by atoms with E-state index in [1.54, 1.807) is 48.5 Å². The van der Waals surface area contributed by atoms with Crippen molar-refractivity contribution in [2.45, 2.75) is 6.92 Å². The van der Waals surface area contributed by atoms with Crippen LogP contribution in [0.2, 0.25) is 5.02 Å². The van der Waals surface area contributed by atoms with Gasteiger partial charge in [-0.2, -0.15) is 10.3 Å². The first-order valence-corrected chi connectivity index (χ1v) is 9.34. The van der Waals surface area contributed by atoms with Crippen molar-refractivity contribution in [2.75, 3.05) is 0 Å². The summed E-state index contributed by atoms with van der Waals surface area (Å²) in [4.78, 5) is 25.4. The molecule has 1 N–H and O–H groups in total. The number of thioether (sulfide) groups is 1. The molecular weight excluding hydrogens is 402 g/mol. The summed E-state index contributed by atoms with van der Waals surface area (Å²) >= 11 is 12.4. The first kappa shape index (κ1) is 19.1. The number of carbonyl (C=O) groups is 2. The average Bonchev–Trinajstić information content (AvgIpc) is 2.89. The zero-order valence-corrected chi connectivity index (χ0v) is 16.4. The standard InChI is InChI=1S/C19H12ClN3O2S2/c1-11-2-7-14(15(20)8-11)17(24)22-23-18(25)16(27-19(23)26)9-12-3-5-13(10-21)6-4-12/h2-9H,1H3,(H,22,24)/b16-9+. The molecule has 0 bridgehead atoms. The highest BCUT2D eigenvalue weighted by Gasteiger charge is 2.34. The van der Waals surface area contributed by atoms with Crippen LogP contribution >= 0.6 is 35.6 Å². The van der Waals surface area contributed by atoms with Gasteiger partial charge in [0.15, 0.2) is 4.32 Å². The van der Waals surface area contributed by atoms with Crippen LogP contribution in [-0.2, 0) is 4.79 Å². The summed E-state index contributed by atoms with van der Waals surface area (Å²) in [5.41, 5.74) is 4.97. The number of carbonyl (C=O) groups excluding carboxylic acids is 2. The zero-order valence-electron chi connectivity index (χ0n) is 14.0. The Kier molecular flexibility index (Phi) is 5.61. The number of hydrogen-bond donors (Lipinski definition) is 1. The van der Waals surface area contributed by atoms with E-state index in [0.717, 1.165) is 27.9 Å². The van der Waals surface area contributed by atoms with Crippen LogP contribution in [0.15, 0.2) is 47.4 Å². The molecule has 0 aromatic heterocycles. The van der Waals surface area contributed by atoms with Gasteiger partial charge in [-0.15, -0.1) is 0 Å². The average molecular weight is 414 g/mol. The van der Waals surface area contributed by atoms with Crippen LogP contribution in [0.4, 0.5) is 0 Å². The van der Waals surface area contributed by atoms with E-state index in [2.05, 4.69) is 5.43 Å². The fourth-order valence-corrected chi connectivity index (χ4v) is 3.84. The molecule has 0 spiro atoms. The van der Waals surface area contributed by atoms with Crippen molar-refractivity contribution in [3.05, 3.63) is 74.6 Å². The number of rotatable bonds is 3. The third kappa shape index (κ3) is 4.19. The summed E-state index contributed by atoms with van der Waals surface area (Å²) in [5, 5.41) is 10.2. The monoisotopic (exact) mass is 413 g/mol. The maximum Gasteiger partial charge on any atom is 0.285 e. The molecule has 27 heavy (non-hydrogen) atoms. The summed E-state index contributed by atoms with van der Waals surface area (Å²) in [6.07, 6.45) is 1.66. The van der Waals surface area contributed by atoms with Crippen LogP contribution in [0, 0.1) is 18.3 Å². The van der Waals surface area contributed by atoms with Gasteiger partial charge in [-0.25, -0.2) is 0 Å². The Balaban J connectivity index is 1.78. The maximum atomic E-state index is 12.6. The third-order valence-electron chi connectivity index (χ3n) is 3.71. The number of benzene rings is 2. The molecule has 3 rings (SSSR count). The number of nitrogens with one attached hydrogen (secondary N) is 1. The van der Waals surface area contributed by atoms with Crippen molar-refractivity contribution in [3.63, 3.8) is 0 Å². The molecule has 134 valence electrons. The van der Waals surface area contributed by atoms with E-state index in [1.807, 2.05) is 13.0 Å². The summed E-state index contributed by atoms with van der Waals surface area (Å²) < 4.78 is 0.219. The fourth-order valence-electron chi connectivity index (χ4n) is 2.34. The molecule has 1 heterocycles. The quantitative estimate of drug-likeness (QED) is 0.606. The normalized spacial score (nSPS) is 15.1. The summed E-state index contributed by atoms with van der Waals surface area (Å²) in [5.74, 6) is -0.943. The number of nitriles is 1. The highest BCUT2D eigenvalue weighted by Crippen LogP contribution is 2.31. The molecule has 0 unspecified atom stereocenters. The third-order valence-corrected chi connectivity index (χ3v) is 5.33. The molecule has 1 fully saturated rings. The molecule has 0 atom stereocenters. The van der Waals surface area contributed by atoms with E-state index in [4.69, 9.17) is 29.1 Å². The Labute approximate surface area is 170 Å². The number of hydrogen-bond acceptors (Lipinski definition) is 5. The predicted octanol–water partition coefficient (Wildman–Crippen LogP) is 4.07. The van der Waals surface area contributed by atoms with E-state index in [-0.39, 0.29) is 9.88 Å². The molecule has 1 aliphatic rings. The molecule has 1 aliphatic heterocycles. The fraction of sp³-hybridized carbons (Fsp3) is 0.0526. The Hall–Kier alpha value is -2.66. The minimum Gasteiger partial charge on any atom is -0.267 e. The lowest BCUT2D eigenvalue weighted by Crippen LogP contribution is -2.44. The van der Waals surface area contributed by atoms with Crippen LogP contribution in [0.25, 0.3) is 6.08 Å². The van der Waals surface area contributed by atoms with Gasteiger partial charge in [-0.05, 0) is 60.6 Å². The Bertz CT molecular complexity index is 1030. The molecule has 2 aromatic carbocycles. The zero-order chi connectivity index (χ0) is 19.6. The molecule has 2 amide bonds. The minimum absolute atomic E-state index is 0.219. The van der Waals surface area contributed by atoms with Crippen molar-refractivity contribution in [3.8, 4) is 6.07 Å². The smallest absolute Gasteiger partial charge is 0.267 e. The topological polar surface area (TPSA) is 73.2 Å². The molecule has 8 heteroatoms. The molecule has 0 saturated carbocycles. The van der Waals surface area contributed by atoms with Gasteiger partial charge in [0.1, 0.15) is 0 Å². The number of amides is 2.